The maximum atomic E-state index is 8.88. The molecule has 17 heavy (non-hydrogen) atoms. The van der Waals surface area contributed by atoms with Gasteiger partial charge in [0.25, 0.3) is 0 Å². The number of aryl methyl sites for hydroxylation is 1. The Kier molecular flexibility index (Phi) is 3.55. The van der Waals surface area contributed by atoms with Crippen molar-refractivity contribution in [3.05, 3.63) is 18.0 Å². The molecule has 5 heteroatoms. The van der Waals surface area contributed by atoms with Gasteiger partial charge in [-0.3, -0.25) is 4.90 Å². The number of anilines is 1. The van der Waals surface area contributed by atoms with Crippen molar-refractivity contribution in [3.63, 3.8) is 0 Å². The highest BCUT2D eigenvalue weighted by Crippen LogP contribution is 2.12. The number of hydrogen-bond donors (Lipinski definition) is 0. The Morgan fingerprint density at radius 3 is 2.65 bits per heavy atom. The van der Waals surface area contributed by atoms with E-state index in [2.05, 4.69) is 25.8 Å². The summed E-state index contributed by atoms with van der Waals surface area (Å²) in [6.45, 7) is 7.47. The lowest BCUT2D eigenvalue weighted by Crippen LogP contribution is -2.49. The van der Waals surface area contributed by atoms with Gasteiger partial charge < -0.3 is 4.90 Å². The molecule has 2 rings (SSSR count). The van der Waals surface area contributed by atoms with Crippen LogP contribution in [0.3, 0.4) is 0 Å². The van der Waals surface area contributed by atoms with Crippen molar-refractivity contribution in [2.24, 2.45) is 0 Å². The van der Waals surface area contributed by atoms with Crippen LogP contribution in [-0.2, 0) is 0 Å². The molecule has 5 nitrogen and oxygen atoms in total. The number of hydrogen-bond acceptors (Lipinski definition) is 5. The molecule has 1 unspecified atom stereocenters. The first-order valence-corrected chi connectivity index (χ1v) is 5.89. The standard InChI is InChI=1S/C12H17N5/c1-10-3-4-14-12(15-10)17-7-5-16(6-8-17)11(2)9-13/h3-4,11H,5-8H2,1-2H3. The number of aromatic nitrogens is 2. The minimum Gasteiger partial charge on any atom is -0.338 e. The van der Waals surface area contributed by atoms with Crippen molar-refractivity contribution in [2.45, 2.75) is 19.9 Å². The molecule has 1 aromatic heterocycles. The van der Waals surface area contributed by atoms with E-state index in [9.17, 15) is 0 Å². The zero-order valence-corrected chi connectivity index (χ0v) is 10.3. The summed E-state index contributed by atoms with van der Waals surface area (Å²) in [6.07, 6.45) is 1.79. The molecular weight excluding hydrogens is 214 g/mol. The SMILES string of the molecule is Cc1ccnc(N2CCN(C(C)C#N)CC2)n1. The van der Waals surface area contributed by atoms with Crippen LogP contribution in [0, 0.1) is 18.3 Å². The van der Waals surface area contributed by atoms with Gasteiger partial charge in [0.15, 0.2) is 0 Å². The molecule has 1 aromatic rings. The molecular formula is C12H17N5. The highest BCUT2D eigenvalue weighted by atomic mass is 15.3. The van der Waals surface area contributed by atoms with Crippen LogP contribution >= 0.6 is 0 Å². The van der Waals surface area contributed by atoms with Crippen molar-refractivity contribution < 1.29 is 0 Å². The van der Waals surface area contributed by atoms with Gasteiger partial charge in [0, 0.05) is 38.1 Å². The fourth-order valence-corrected chi connectivity index (χ4v) is 1.98. The fourth-order valence-electron chi connectivity index (χ4n) is 1.98. The summed E-state index contributed by atoms with van der Waals surface area (Å²) in [5, 5.41) is 8.88. The number of nitriles is 1. The average molecular weight is 231 g/mol. The second-order valence-corrected chi connectivity index (χ2v) is 4.33. The second-order valence-electron chi connectivity index (χ2n) is 4.33. The largest absolute Gasteiger partial charge is 0.338 e. The van der Waals surface area contributed by atoms with Crippen LogP contribution in [0.5, 0.6) is 0 Å². The Balaban J connectivity index is 1.98. The van der Waals surface area contributed by atoms with Gasteiger partial charge in [-0.25, -0.2) is 9.97 Å². The minimum absolute atomic E-state index is 0.00409. The summed E-state index contributed by atoms with van der Waals surface area (Å²) in [5.74, 6) is 0.800. The molecule has 0 spiro atoms. The minimum atomic E-state index is -0.00409. The summed E-state index contributed by atoms with van der Waals surface area (Å²) >= 11 is 0. The normalized spacial score (nSPS) is 18.8. The van der Waals surface area contributed by atoms with E-state index in [-0.39, 0.29) is 6.04 Å². The maximum absolute atomic E-state index is 8.88. The van der Waals surface area contributed by atoms with E-state index in [1.54, 1.807) is 6.20 Å². The van der Waals surface area contributed by atoms with Crippen LogP contribution < -0.4 is 4.90 Å². The Labute approximate surface area is 102 Å². The fraction of sp³-hybridized carbons (Fsp3) is 0.583. The molecule has 1 aliphatic rings. The number of rotatable bonds is 2. The lowest BCUT2D eigenvalue weighted by molar-refractivity contribution is 0.230. The van der Waals surface area contributed by atoms with Crippen LogP contribution in [0.25, 0.3) is 0 Å². The van der Waals surface area contributed by atoms with Crippen LogP contribution in [0.15, 0.2) is 12.3 Å². The molecule has 2 heterocycles. The van der Waals surface area contributed by atoms with Crippen molar-refractivity contribution in [3.8, 4) is 6.07 Å². The summed E-state index contributed by atoms with van der Waals surface area (Å²) in [4.78, 5) is 13.1. The third-order valence-corrected chi connectivity index (χ3v) is 3.11. The van der Waals surface area contributed by atoms with Crippen molar-refractivity contribution in [2.75, 3.05) is 31.1 Å². The molecule has 0 aliphatic carbocycles. The molecule has 0 saturated carbocycles. The Morgan fingerprint density at radius 1 is 1.35 bits per heavy atom. The summed E-state index contributed by atoms with van der Waals surface area (Å²) in [5.41, 5.74) is 0.989. The topological polar surface area (TPSA) is 56.1 Å². The third kappa shape index (κ3) is 2.71. The van der Waals surface area contributed by atoms with Gasteiger partial charge in [0.1, 0.15) is 0 Å². The quantitative estimate of drug-likeness (QED) is 0.754. The highest BCUT2D eigenvalue weighted by molar-refractivity contribution is 5.30. The Hall–Kier alpha value is -1.67. The predicted octanol–water partition coefficient (Wildman–Crippen LogP) is 0.819. The van der Waals surface area contributed by atoms with E-state index in [1.807, 2.05) is 19.9 Å². The third-order valence-electron chi connectivity index (χ3n) is 3.11. The molecule has 0 N–H and O–H groups in total. The maximum Gasteiger partial charge on any atom is 0.225 e. The average Bonchev–Trinajstić information content (AvgIpc) is 2.38. The van der Waals surface area contributed by atoms with Gasteiger partial charge in [-0.05, 0) is 19.9 Å². The zero-order chi connectivity index (χ0) is 12.3. The number of piperazine rings is 1. The van der Waals surface area contributed by atoms with E-state index >= 15 is 0 Å². The molecule has 1 atom stereocenters. The monoisotopic (exact) mass is 231 g/mol. The molecule has 90 valence electrons. The van der Waals surface area contributed by atoms with Gasteiger partial charge in [-0.15, -0.1) is 0 Å². The predicted molar refractivity (Wildman–Crippen MR) is 65.6 cm³/mol. The van der Waals surface area contributed by atoms with Gasteiger partial charge in [0.2, 0.25) is 5.95 Å². The van der Waals surface area contributed by atoms with E-state index < -0.39 is 0 Å². The first kappa shape index (κ1) is 11.8. The molecule has 1 fully saturated rings. The van der Waals surface area contributed by atoms with Crippen molar-refractivity contribution in [1.29, 1.82) is 5.26 Å². The van der Waals surface area contributed by atoms with Crippen LogP contribution in [0.1, 0.15) is 12.6 Å². The van der Waals surface area contributed by atoms with Gasteiger partial charge in [-0.1, -0.05) is 0 Å². The van der Waals surface area contributed by atoms with Gasteiger partial charge in [-0.2, -0.15) is 5.26 Å². The van der Waals surface area contributed by atoms with E-state index in [0.717, 1.165) is 37.8 Å². The van der Waals surface area contributed by atoms with E-state index in [0.29, 0.717) is 0 Å². The lowest BCUT2D eigenvalue weighted by Gasteiger charge is -2.35. The van der Waals surface area contributed by atoms with E-state index in [4.69, 9.17) is 5.26 Å². The molecule has 1 aliphatic heterocycles. The molecule has 0 bridgehead atoms. The van der Waals surface area contributed by atoms with Gasteiger partial charge in [0.05, 0.1) is 12.1 Å². The molecule has 0 radical (unpaired) electrons. The number of nitrogens with zero attached hydrogens (tertiary/aromatic N) is 5. The first-order valence-electron chi connectivity index (χ1n) is 5.89. The summed E-state index contributed by atoms with van der Waals surface area (Å²) < 4.78 is 0. The second kappa shape index (κ2) is 5.11. The summed E-state index contributed by atoms with van der Waals surface area (Å²) in [7, 11) is 0. The van der Waals surface area contributed by atoms with Crippen molar-refractivity contribution in [1.82, 2.24) is 14.9 Å². The smallest absolute Gasteiger partial charge is 0.225 e. The van der Waals surface area contributed by atoms with E-state index in [1.165, 1.54) is 0 Å². The zero-order valence-electron chi connectivity index (χ0n) is 10.3. The highest BCUT2D eigenvalue weighted by Gasteiger charge is 2.22. The summed E-state index contributed by atoms with van der Waals surface area (Å²) in [6, 6.07) is 4.17. The Morgan fingerprint density at radius 2 is 2.06 bits per heavy atom. The molecule has 0 aromatic carbocycles. The van der Waals surface area contributed by atoms with Crippen LogP contribution in [0.2, 0.25) is 0 Å². The lowest BCUT2D eigenvalue weighted by atomic mass is 10.2. The van der Waals surface area contributed by atoms with Crippen molar-refractivity contribution >= 4 is 5.95 Å². The van der Waals surface area contributed by atoms with Crippen LogP contribution in [0.4, 0.5) is 5.95 Å². The van der Waals surface area contributed by atoms with Crippen LogP contribution in [-0.4, -0.2) is 47.1 Å². The van der Waals surface area contributed by atoms with Gasteiger partial charge >= 0.3 is 0 Å². The molecule has 1 saturated heterocycles. The first-order chi connectivity index (χ1) is 8.20. The molecule has 0 amide bonds. The Bertz CT molecular complexity index is 417.